The van der Waals surface area contributed by atoms with Crippen LogP contribution in [0, 0.1) is 0 Å². The first-order chi connectivity index (χ1) is 34.6. The van der Waals surface area contributed by atoms with E-state index in [-0.39, 0.29) is 38.6 Å². The Morgan fingerprint density at radius 2 is 0.803 bits per heavy atom. The van der Waals surface area contributed by atoms with Crippen molar-refractivity contribution in [1.82, 2.24) is 0 Å². The SMILES string of the molecule is CC/C=C\C/C=C\C/C=C\C/C=C\C/C=C\C/C=C\C/C=C\C/C=C\C/C=C\C/C=C\C/C=C\CCCCCCCCCC(=O)OC(COC(=O)CCCCCCC)COC(OCC[N+](C)(C)C)C(=O)O. The molecule has 0 spiro atoms. The molecule has 0 saturated carbocycles. The molecular weight excluding hydrogens is 887 g/mol. The summed E-state index contributed by atoms with van der Waals surface area (Å²) in [5.74, 6) is -2.05. The van der Waals surface area contributed by atoms with Gasteiger partial charge >= 0.3 is 17.9 Å². The quantitative estimate of drug-likeness (QED) is 0.0211. The van der Waals surface area contributed by atoms with E-state index in [1.54, 1.807) is 0 Å². The van der Waals surface area contributed by atoms with Gasteiger partial charge in [-0.15, -0.1) is 0 Å². The Morgan fingerprint density at radius 1 is 0.437 bits per heavy atom. The highest BCUT2D eigenvalue weighted by atomic mass is 16.7. The number of carbonyl (C=O) groups is 3. The zero-order valence-electron chi connectivity index (χ0n) is 45.3. The van der Waals surface area contributed by atoms with Crippen molar-refractivity contribution in [2.24, 2.45) is 0 Å². The van der Waals surface area contributed by atoms with Gasteiger partial charge in [0.05, 0.1) is 34.4 Å². The van der Waals surface area contributed by atoms with Crippen molar-refractivity contribution < 1.29 is 42.9 Å². The van der Waals surface area contributed by atoms with Crippen molar-refractivity contribution in [3.8, 4) is 0 Å². The van der Waals surface area contributed by atoms with Gasteiger partial charge in [-0.25, -0.2) is 4.79 Å². The molecule has 0 aromatic carbocycles. The lowest BCUT2D eigenvalue weighted by Gasteiger charge is -2.25. The van der Waals surface area contributed by atoms with E-state index < -0.39 is 24.3 Å². The molecule has 2 atom stereocenters. The molecule has 0 aliphatic heterocycles. The summed E-state index contributed by atoms with van der Waals surface area (Å²) in [4.78, 5) is 36.9. The zero-order valence-corrected chi connectivity index (χ0v) is 45.3. The summed E-state index contributed by atoms with van der Waals surface area (Å²) in [5, 5.41) is 9.60. The molecule has 2 unspecified atom stereocenters. The summed E-state index contributed by atoms with van der Waals surface area (Å²) >= 11 is 0. The number of carboxylic acid groups (broad SMARTS) is 1. The van der Waals surface area contributed by atoms with Crippen LogP contribution in [-0.4, -0.2) is 87.4 Å². The van der Waals surface area contributed by atoms with Crippen LogP contribution in [0.25, 0.3) is 0 Å². The van der Waals surface area contributed by atoms with Crippen molar-refractivity contribution in [2.75, 3.05) is 47.5 Å². The van der Waals surface area contributed by atoms with Crippen LogP contribution < -0.4 is 0 Å². The molecule has 0 bridgehead atoms. The number of allylic oxidation sites excluding steroid dienone is 22. The molecule has 0 fully saturated rings. The lowest BCUT2D eigenvalue weighted by molar-refractivity contribution is -0.870. The van der Waals surface area contributed by atoms with Gasteiger partial charge in [0, 0.05) is 12.8 Å². The second-order valence-corrected chi connectivity index (χ2v) is 18.8. The number of ether oxygens (including phenoxy) is 4. The Morgan fingerprint density at radius 3 is 1.20 bits per heavy atom. The van der Waals surface area contributed by atoms with E-state index in [1.165, 1.54) is 19.3 Å². The van der Waals surface area contributed by atoms with Gasteiger partial charge in [-0.3, -0.25) is 9.59 Å². The van der Waals surface area contributed by atoms with Crippen LogP contribution in [0.5, 0.6) is 0 Å². The second-order valence-electron chi connectivity index (χ2n) is 18.8. The van der Waals surface area contributed by atoms with E-state index in [1.807, 2.05) is 21.1 Å². The smallest absolute Gasteiger partial charge is 0.361 e. The number of esters is 2. The van der Waals surface area contributed by atoms with Gasteiger partial charge in [-0.05, 0) is 96.3 Å². The molecule has 9 nitrogen and oxygen atoms in total. The molecule has 0 amide bonds. The molecular formula is C62H100NO8+. The molecule has 0 radical (unpaired) electrons. The van der Waals surface area contributed by atoms with Crippen molar-refractivity contribution in [1.29, 1.82) is 0 Å². The summed E-state index contributed by atoms with van der Waals surface area (Å²) in [7, 11) is 5.93. The minimum Gasteiger partial charge on any atom is -0.477 e. The van der Waals surface area contributed by atoms with Crippen molar-refractivity contribution in [3.63, 3.8) is 0 Å². The standard InChI is InChI=1S/C62H99NO8/c1-6-8-10-12-13-14-15-16-17-18-19-20-21-22-23-24-25-26-27-28-29-30-31-32-33-34-35-36-37-38-39-40-41-42-43-44-45-46-47-49-51-53-60(65)71-58(56-69-59(64)52-50-48-11-9-7-2)57-70-62(61(66)67)68-55-54-63(3,4)5/h8,10,13-14,16-17,19-20,22-23,25-26,28-29,31-32,34-35,37-38,40-41,58,62H,6-7,9,11-12,15,18,21,24,27,30,33,36,39,42-57H2,1-5H3/p+1/b10-8-,14-13-,17-16-,20-19-,23-22-,26-25-,29-28-,32-31-,35-34-,38-37-,41-40-. The summed E-state index contributed by atoms with van der Waals surface area (Å²) in [6, 6.07) is 0. The van der Waals surface area contributed by atoms with Gasteiger partial charge < -0.3 is 28.5 Å². The summed E-state index contributed by atoms with van der Waals surface area (Å²) < 4.78 is 22.6. The Labute approximate surface area is 433 Å². The monoisotopic (exact) mass is 987 g/mol. The van der Waals surface area contributed by atoms with Gasteiger partial charge in [-0.2, -0.15) is 0 Å². The lowest BCUT2D eigenvalue weighted by Crippen LogP contribution is -2.40. The normalized spacial score (nSPS) is 13.9. The van der Waals surface area contributed by atoms with Crippen LogP contribution in [0.2, 0.25) is 0 Å². The summed E-state index contributed by atoms with van der Waals surface area (Å²) in [6.07, 6.45) is 71.6. The lowest BCUT2D eigenvalue weighted by atomic mass is 10.1. The molecule has 71 heavy (non-hydrogen) atoms. The molecule has 9 heteroatoms. The number of hydrogen-bond donors (Lipinski definition) is 1. The fourth-order valence-corrected chi connectivity index (χ4v) is 6.72. The predicted octanol–water partition coefficient (Wildman–Crippen LogP) is 15.9. The fraction of sp³-hybridized carbons (Fsp3) is 0.597. The minimum atomic E-state index is -1.52. The average Bonchev–Trinajstić information content (AvgIpc) is 3.34. The van der Waals surface area contributed by atoms with E-state index >= 15 is 0 Å². The molecule has 0 aliphatic rings. The first-order valence-corrected chi connectivity index (χ1v) is 27.3. The molecule has 0 aromatic rings. The van der Waals surface area contributed by atoms with Gasteiger partial charge in [0.1, 0.15) is 13.2 Å². The highest BCUT2D eigenvalue weighted by molar-refractivity contribution is 5.71. The number of carboxylic acids is 1. The molecule has 0 heterocycles. The number of rotatable bonds is 48. The van der Waals surface area contributed by atoms with Crippen LogP contribution in [0.4, 0.5) is 0 Å². The largest absolute Gasteiger partial charge is 0.477 e. The fourth-order valence-electron chi connectivity index (χ4n) is 6.72. The number of quaternary nitrogens is 1. The molecule has 0 aliphatic carbocycles. The summed E-state index contributed by atoms with van der Waals surface area (Å²) in [6.45, 7) is 4.61. The minimum absolute atomic E-state index is 0.179. The molecule has 0 rings (SSSR count). The van der Waals surface area contributed by atoms with Crippen LogP contribution >= 0.6 is 0 Å². The Balaban J connectivity index is 4.05. The molecule has 0 saturated heterocycles. The molecule has 400 valence electrons. The van der Waals surface area contributed by atoms with Crippen LogP contribution in [0.3, 0.4) is 0 Å². The second kappa shape index (κ2) is 51.8. The first-order valence-electron chi connectivity index (χ1n) is 27.3. The van der Waals surface area contributed by atoms with Crippen LogP contribution in [0.1, 0.15) is 181 Å². The predicted molar refractivity (Wildman–Crippen MR) is 299 cm³/mol. The van der Waals surface area contributed by atoms with E-state index in [0.717, 1.165) is 128 Å². The maximum absolute atomic E-state index is 12.7. The third-order valence-electron chi connectivity index (χ3n) is 10.9. The van der Waals surface area contributed by atoms with E-state index in [9.17, 15) is 19.5 Å². The zero-order chi connectivity index (χ0) is 52.0. The van der Waals surface area contributed by atoms with Gasteiger partial charge in [-0.1, -0.05) is 205 Å². The number of nitrogens with zero attached hydrogens (tertiary/aromatic N) is 1. The molecule has 1 N–H and O–H groups in total. The third-order valence-corrected chi connectivity index (χ3v) is 10.9. The topological polar surface area (TPSA) is 108 Å². The van der Waals surface area contributed by atoms with E-state index in [0.29, 0.717) is 17.4 Å². The summed E-state index contributed by atoms with van der Waals surface area (Å²) in [5.41, 5.74) is 0. The maximum Gasteiger partial charge on any atom is 0.361 e. The van der Waals surface area contributed by atoms with Gasteiger partial charge in [0.25, 0.3) is 6.29 Å². The van der Waals surface area contributed by atoms with Gasteiger partial charge in [0.15, 0.2) is 6.10 Å². The number of unbranched alkanes of at least 4 members (excludes halogenated alkanes) is 11. The van der Waals surface area contributed by atoms with Crippen molar-refractivity contribution in [3.05, 3.63) is 134 Å². The Hall–Kier alpha value is -4.57. The number of likely N-dealkylation sites (N-methyl/N-ethyl adjacent to an activating group) is 1. The van der Waals surface area contributed by atoms with Crippen LogP contribution in [-0.2, 0) is 33.3 Å². The molecule has 0 aromatic heterocycles. The van der Waals surface area contributed by atoms with Gasteiger partial charge in [0.2, 0.25) is 0 Å². The van der Waals surface area contributed by atoms with E-state index in [4.69, 9.17) is 18.9 Å². The average molecular weight is 987 g/mol. The maximum atomic E-state index is 12.7. The number of aliphatic carboxylic acids is 1. The van der Waals surface area contributed by atoms with Crippen molar-refractivity contribution >= 4 is 17.9 Å². The van der Waals surface area contributed by atoms with Crippen molar-refractivity contribution in [2.45, 2.75) is 193 Å². The highest BCUT2D eigenvalue weighted by Crippen LogP contribution is 2.13. The number of hydrogen-bond acceptors (Lipinski definition) is 7. The third kappa shape index (κ3) is 53.1. The highest BCUT2D eigenvalue weighted by Gasteiger charge is 2.25. The van der Waals surface area contributed by atoms with E-state index in [2.05, 4.69) is 148 Å². The Bertz CT molecular complexity index is 1620. The first kappa shape index (κ1) is 66.4. The number of carbonyl (C=O) groups excluding carboxylic acids is 2. The van der Waals surface area contributed by atoms with Crippen LogP contribution in [0.15, 0.2) is 134 Å². The Kier molecular flexibility index (Phi) is 48.4.